The predicted octanol–water partition coefficient (Wildman–Crippen LogP) is 4.40. The van der Waals surface area contributed by atoms with Gasteiger partial charge in [-0.2, -0.15) is 0 Å². The molecule has 4 aromatic rings. The van der Waals surface area contributed by atoms with Crippen molar-refractivity contribution in [1.29, 1.82) is 0 Å². The number of fused-ring (bicyclic) bond motifs is 1. The molecule has 0 atom stereocenters. The topological polar surface area (TPSA) is 49.6 Å². The maximum atomic E-state index is 12.8. The summed E-state index contributed by atoms with van der Waals surface area (Å²) in [4.78, 5) is 20.0. The molecular weight excluding hydrogens is 384 g/mol. The van der Waals surface area contributed by atoms with Gasteiger partial charge in [-0.15, -0.1) is 0 Å². The number of hydrogen-bond donors (Lipinski definition) is 1. The smallest absolute Gasteiger partial charge is 0.251 e. The van der Waals surface area contributed by atoms with E-state index in [1.54, 1.807) is 0 Å². The zero-order valence-electron chi connectivity index (χ0n) is 17.4. The van der Waals surface area contributed by atoms with E-state index in [2.05, 4.69) is 40.5 Å². The lowest BCUT2D eigenvalue weighted by Gasteiger charge is -2.32. The van der Waals surface area contributed by atoms with E-state index in [0.717, 1.165) is 49.4 Å². The number of nitrogens with zero attached hydrogens (tertiary/aromatic N) is 3. The number of rotatable bonds is 5. The van der Waals surface area contributed by atoms with Crippen molar-refractivity contribution in [3.63, 3.8) is 0 Å². The van der Waals surface area contributed by atoms with Crippen molar-refractivity contribution in [3.8, 4) is 11.3 Å². The number of pyridine rings is 1. The largest absolute Gasteiger partial charge is 0.349 e. The number of piperidine rings is 1. The van der Waals surface area contributed by atoms with Gasteiger partial charge in [0.2, 0.25) is 0 Å². The molecule has 5 heteroatoms. The summed E-state index contributed by atoms with van der Waals surface area (Å²) < 4.78 is 1.96. The van der Waals surface area contributed by atoms with Crippen LogP contribution in [0.4, 0.5) is 0 Å². The van der Waals surface area contributed by atoms with Gasteiger partial charge in [-0.1, -0.05) is 60.7 Å². The summed E-state index contributed by atoms with van der Waals surface area (Å²) in [7, 11) is 0. The first-order valence-corrected chi connectivity index (χ1v) is 10.9. The number of benzene rings is 2. The van der Waals surface area contributed by atoms with Crippen molar-refractivity contribution >= 4 is 11.6 Å². The van der Waals surface area contributed by atoms with E-state index in [1.165, 1.54) is 5.56 Å². The van der Waals surface area contributed by atoms with Gasteiger partial charge in [0.15, 0.2) is 0 Å². The fourth-order valence-electron chi connectivity index (χ4n) is 4.22. The van der Waals surface area contributed by atoms with Crippen molar-refractivity contribution in [2.24, 2.45) is 0 Å². The molecule has 0 aliphatic carbocycles. The third-order valence-corrected chi connectivity index (χ3v) is 5.96. The highest BCUT2D eigenvalue weighted by atomic mass is 16.1. The Balaban J connectivity index is 1.21. The summed E-state index contributed by atoms with van der Waals surface area (Å²) in [6, 6.07) is 24.6. The van der Waals surface area contributed by atoms with Crippen molar-refractivity contribution in [2.45, 2.75) is 25.4 Å². The molecule has 0 bridgehead atoms. The van der Waals surface area contributed by atoms with E-state index in [0.29, 0.717) is 5.56 Å². The summed E-state index contributed by atoms with van der Waals surface area (Å²) in [5.74, 6) is -0.0201. The normalized spacial score (nSPS) is 15.2. The first kappa shape index (κ1) is 19.5. The molecule has 1 aliphatic rings. The van der Waals surface area contributed by atoms with Crippen LogP contribution in [-0.4, -0.2) is 39.3 Å². The molecule has 1 fully saturated rings. The van der Waals surface area contributed by atoms with E-state index in [9.17, 15) is 4.79 Å². The lowest BCUT2D eigenvalue weighted by molar-refractivity contribution is 0.0909. The molecule has 5 nitrogen and oxygen atoms in total. The number of imidazole rings is 1. The molecule has 0 saturated carbocycles. The van der Waals surface area contributed by atoms with Crippen molar-refractivity contribution in [1.82, 2.24) is 19.6 Å². The van der Waals surface area contributed by atoms with Crippen LogP contribution in [0.15, 0.2) is 85.2 Å². The van der Waals surface area contributed by atoms with Crippen molar-refractivity contribution < 1.29 is 4.79 Å². The average molecular weight is 411 g/mol. The maximum absolute atomic E-state index is 12.8. The predicted molar refractivity (Wildman–Crippen MR) is 123 cm³/mol. The Kier molecular flexibility index (Phi) is 5.50. The van der Waals surface area contributed by atoms with E-state index in [-0.39, 0.29) is 11.9 Å². The Morgan fingerprint density at radius 3 is 2.42 bits per heavy atom. The monoisotopic (exact) mass is 410 g/mol. The van der Waals surface area contributed by atoms with Gasteiger partial charge < -0.3 is 9.72 Å². The van der Waals surface area contributed by atoms with Crippen molar-refractivity contribution in [2.75, 3.05) is 13.1 Å². The van der Waals surface area contributed by atoms with Crippen LogP contribution < -0.4 is 5.32 Å². The molecule has 1 saturated heterocycles. The Hall–Kier alpha value is -3.44. The van der Waals surface area contributed by atoms with Crippen LogP contribution in [0.25, 0.3) is 16.9 Å². The molecule has 3 heterocycles. The molecule has 2 aromatic carbocycles. The van der Waals surface area contributed by atoms with E-state index >= 15 is 0 Å². The minimum Gasteiger partial charge on any atom is -0.349 e. The second-order valence-corrected chi connectivity index (χ2v) is 8.18. The Bertz CT molecular complexity index is 1160. The second kappa shape index (κ2) is 8.74. The average Bonchev–Trinajstić information content (AvgIpc) is 3.25. The summed E-state index contributed by atoms with van der Waals surface area (Å²) in [5.41, 5.74) is 4.75. The van der Waals surface area contributed by atoms with E-state index in [1.807, 2.05) is 59.3 Å². The minimum atomic E-state index is -0.0201. The summed E-state index contributed by atoms with van der Waals surface area (Å²) >= 11 is 0. The summed E-state index contributed by atoms with van der Waals surface area (Å²) in [6.45, 7) is 2.97. The molecule has 1 N–H and O–H groups in total. The second-order valence-electron chi connectivity index (χ2n) is 8.18. The lowest BCUT2D eigenvalue weighted by atomic mass is 10.0. The molecule has 156 valence electrons. The molecule has 5 rings (SSSR count). The summed E-state index contributed by atoms with van der Waals surface area (Å²) in [6.07, 6.45) is 5.85. The zero-order valence-corrected chi connectivity index (χ0v) is 17.4. The Labute approximate surface area is 182 Å². The lowest BCUT2D eigenvalue weighted by Crippen LogP contribution is -2.44. The first-order valence-electron chi connectivity index (χ1n) is 10.9. The third kappa shape index (κ3) is 4.52. The van der Waals surface area contributed by atoms with Crippen LogP contribution in [0.2, 0.25) is 0 Å². The number of carbonyl (C=O) groups excluding carboxylic acids is 1. The van der Waals surface area contributed by atoms with Gasteiger partial charge in [-0.05, 0) is 30.5 Å². The molecule has 1 amide bonds. The Morgan fingerprint density at radius 1 is 0.968 bits per heavy atom. The van der Waals surface area contributed by atoms with Crippen molar-refractivity contribution in [3.05, 3.63) is 96.3 Å². The standard InChI is InChI=1S/C26H26N4O/c31-26(27-23-12-14-29(15-13-23)18-20-7-3-1-4-8-20)22-11-16-30-19-24(28-25(30)17-22)21-9-5-2-6-10-21/h1-11,16-17,19,23H,12-15,18H2,(H,27,31). The van der Waals surface area contributed by atoms with Crippen LogP contribution in [0.1, 0.15) is 28.8 Å². The number of hydrogen-bond acceptors (Lipinski definition) is 3. The van der Waals surface area contributed by atoms with E-state index < -0.39 is 0 Å². The maximum Gasteiger partial charge on any atom is 0.251 e. The first-order chi connectivity index (χ1) is 15.2. The minimum absolute atomic E-state index is 0.0201. The highest BCUT2D eigenvalue weighted by molar-refractivity contribution is 5.95. The third-order valence-electron chi connectivity index (χ3n) is 5.96. The van der Waals surface area contributed by atoms with Crippen LogP contribution in [0, 0.1) is 0 Å². The van der Waals surface area contributed by atoms with Crippen LogP contribution in [0.5, 0.6) is 0 Å². The number of nitrogens with one attached hydrogen (secondary N) is 1. The van der Waals surface area contributed by atoms with Gasteiger partial charge in [-0.3, -0.25) is 9.69 Å². The SMILES string of the molecule is O=C(NC1CCN(Cc2ccccc2)CC1)c1ccn2cc(-c3ccccc3)nc2c1. The highest BCUT2D eigenvalue weighted by Gasteiger charge is 2.21. The zero-order chi connectivity index (χ0) is 21.0. The molecule has 2 aromatic heterocycles. The molecule has 31 heavy (non-hydrogen) atoms. The number of carbonyl (C=O) groups is 1. The van der Waals surface area contributed by atoms with Gasteiger partial charge >= 0.3 is 0 Å². The molecular formula is C26H26N4O. The quantitative estimate of drug-likeness (QED) is 0.531. The number of aromatic nitrogens is 2. The van der Waals surface area contributed by atoms with Gasteiger partial charge in [0.1, 0.15) is 5.65 Å². The fourth-order valence-corrected chi connectivity index (χ4v) is 4.22. The van der Waals surface area contributed by atoms with Crippen LogP contribution in [-0.2, 0) is 6.54 Å². The Morgan fingerprint density at radius 2 is 1.68 bits per heavy atom. The number of likely N-dealkylation sites (tertiary alicyclic amines) is 1. The van der Waals surface area contributed by atoms with Gasteiger partial charge in [0, 0.05) is 49.2 Å². The van der Waals surface area contributed by atoms with Crippen LogP contribution >= 0.6 is 0 Å². The summed E-state index contributed by atoms with van der Waals surface area (Å²) in [5, 5.41) is 3.22. The number of amides is 1. The van der Waals surface area contributed by atoms with Gasteiger partial charge in [0.05, 0.1) is 5.69 Å². The molecule has 0 unspecified atom stereocenters. The highest BCUT2D eigenvalue weighted by Crippen LogP contribution is 2.20. The van der Waals surface area contributed by atoms with Crippen LogP contribution in [0.3, 0.4) is 0 Å². The molecule has 0 spiro atoms. The molecule has 1 aliphatic heterocycles. The van der Waals surface area contributed by atoms with Gasteiger partial charge in [-0.25, -0.2) is 4.98 Å². The molecule has 0 radical (unpaired) electrons. The van der Waals surface area contributed by atoms with E-state index in [4.69, 9.17) is 4.98 Å². The van der Waals surface area contributed by atoms with Gasteiger partial charge in [0.25, 0.3) is 5.91 Å². The fraction of sp³-hybridized carbons (Fsp3) is 0.231.